The number of methoxy groups -OCH3 is 1. The van der Waals surface area contributed by atoms with Crippen LogP contribution < -0.4 is 4.74 Å². The van der Waals surface area contributed by atoms with Crippen LogP contribution >= 0.6 is 0 Å². The smallest absolute Gasteiger partial charge is 0.152 e. The molecule has 2 rings (SSSR count). The Labute approximate surface area is 149 Å². The second kappa shape index (κ2) is 7.51. The van der Waals surface area contributed by atoms with Crippen molar-refractivity contribution in [2.75, 3.05) is 7.11 Å². The van der Waals surface area contributed by atoms with Crippen LogP contribution in [0.4, 0.5) is 0 Å². The van der Waals surface area contributed by atoms with Crippen LogP contribution in [0, 0.1) is 10.8 Å². The van der Waals surface area contributed by atoms with E-state index < -0.39 is 10.8 Å². The summed E-state index contributed by atoms with van der Waals surface area (Å²) in [5.74, 6) is 0.896. The Morgan fingerprint density at radius 3 is 2.48 bits per heavy atom. The lowest BCUT2D eigenvalue weighted by Gasteiger charge is -2.23. The molecule has 1 aromatic carbocycles. The highest BCUT2D eigenvalue weighted by Gasteiger charge is 2.54. The monoisotopic (exact) mass is 344 g/mol. The molecule has 1 aromatic rings. The third-order valence-electron chi connectivity index (χ3n) is 5.29. The highest BCUT2D eigenvalue weighted by Crippen LogP contribution is 2.45. The molecule has 0 saturated heterocycles. The fourth-order valence-corrected chi connectivity index (χ4v) is 3.64. The van der Waals surface area contributed by atoms with Crippen LogP contribution in [0.2, 0.25) is 0 Å². The molecule has 0 unspecified atom stereocenters. The van der Waals surface area contributed by atoms with E-state index in [1.165, 1.54) is 0 Å². The summed E-state index contributed by atoms with van der Waals surface area (Å²) in [5.41, 5.74) is -0.435. The van der Waals surface area contributed by atoms with Crippen molar-refractivity contribution in [2.24, 2.45) is 10.8 Å². The van der Waals surface area contributed by atoms with Gasteiger partial charge in [-0.3, -0.25) is 14.4 Å². The van der Waals surface area contributed by atoms with Gasteiger partial charge in [-0.15, -0.1) is 0 Å². The van der Waals surface area contributed by atoms with Crippen LogP contribution in [-0.4, -0.2) is 24.5 Å². The van der Waals surface area contributed by atoms with Crippen LogP contribution in [-0.2, 0) is 20.8 Å². The lowest BCUT2D eigenvalue weighted by molar-refractivity contribution is -0.137. The first-order valence-electron chi connectivity index (χ1n) is 8.92. The molecule has 1 atom stereocenters. The topological polar surface area (TPSA) is 60.4 Å². The summed E-state index contributed by atoms with van der Waals surface area (Å²) in [5, 5.41) is 0. The summed E-state index contributed by atoms with van der Waals surface area (Å²) < 4.78 is 5.20. The van der Waals surface area contributed by atoms with E-state index in [1.807, 2.05) is 38.1 Å². The van der Waals surface area contributed by atoms with Crippen molar-refractivity contribution in [3.63, 3.8) is 0 Å². The maximum atomic E-state index is 12.5. The van der Waals surface area contributed by atoms with Gasteiger partial charge in [-0.05, 0) is 43.9 Å². The van der Waals surface area contributed by atoms with Crippen molar-refractivity contribution in [1.29, 1.82) is 0 Å². The molecule has 1 aliphatic rings. The van der Waals surface area contributed by atoms with Gasteiger partial charge in [0.25, 0.3) is 0 Å². The van der Waals surface area contributed by atoms with Crippen molar-refractivity contribution in [3.8, 4) is 5.75 Å². The summed E-state index contributed by atoms with van der Waals surface area (Å²) in [6, 6.07) is 7.83. The first-order chi connectivity index (χ1) is 11.7. The zero-order chi connectivity index (χ0) is 18.7. The molecule has 0 radical (unpaired) electrons. The van der Waals surface area contributed by atoms with E-state index in [0.29, 0.717) is 19.3 Å². The molecule has 25 heavy (non-hydrogen) atoms. The molecule has 1 fully saturated rings. The fraction of sp³-hybridized carbons (Fsp3) is 0.571. The van der Waals surface area contributed by atoms with Crippen LogP contribution in [0.5, 0.6) is 5.75 Å². The van der Waals surface area contributed by atoms with Crippen molar-refractivity contribution >= 4 is 17.3 Å². The van der Waals surface area contributed by atoms with E-state index in [-0.39, 0.29) is 23.8 Å². The molecule has 0 spiro atoms. The average molecular weight is 344 g/mol. The Bertz CT molecular complexity index is 674. The van der Waals surface area contributed by atoms with Crippen molar-refractivity contribution in [2.45, 2.75) is 59.3 Å². The number of aryl methyl sites for hydroxylation is 1. The van der Waals surface area contributed by atoms with Crippen LogP contribution in [0.25, 0.3) is 0 Å². The molecule has 136 valence electrons. The van der Waals surface area contributed by atoms with Crippen molar-refractivity contribution in [3.05, 3.63) is 29.8 Å². The van der Waals surface area contributed by atoms with Crippen molar-refractivity contribution < 1.29 is 19.1 Å². The fourth-order valence-electron chi connectivity index (χ4n) is 3.64. The molecule has 1 saturated carbocycles. The zero-order valence-electron chi connectivity index (χ0n) is 15.7. The second-order valence-electron chi connectivity index (χ2n) is 7.89. The summed E-state index contributed by atoms with van der Waals surface area (Å²) >= 11 is 0. The van der Waals surface area contributed by atoms with Gasteiger partial charge in [-0.2, -0.15) is 0 Å². The number of hydrogen-bond donors (Lipinski definition) is 0. The average Bonchev–Trinajstić information content (AvgIpc) is 2.73. The molecule has 4 heteroatoms. The number of ether oxygens (including phenoxy) is 1. The molecule has 0 amide bonds. The SMILES string of the molecule is COc1cccc(CCCC(=O)CC[C@@]2(C)C(=O)CC(C)(C)C2=O)c1. The standard InChI is InChI=1S/C21H28O4/c1-20(2)14-18(23)21(3,19(20)24)12-11-16(22)9-5-7-15-8-6-10-17(13-15)25-4/h6,8,10,13H,5,7,9,11-12,14H2,1-4H3/t21-/m0/s1. The van der Waals surface area contributed by atoms with Crippen LogP contribution in [0.15, 0.2) is 24.3 Å². The van der Waals surface area contributed by atoms with E-state index in [2.05, 4.69) is 0 Å². The molecule has 1 aliphatic carbocycles. The zero-order valence-corrected chi connectivity index (χ0v) is 15.7. The van der Waals surface area contributed by atoms with E-state index in [4.69, 9.17) is 4.74 Å². The maximum Gasteiger partial charge on any atom is 0.152 e. The number of ketones is 3. The highest BCUT2D eigenvalue weighted by atomic mass is 16.5. The van der Waals surface area contributed by atoms with Gasteiger partial charge in [-0.1, -0.05) is 26.0 Å². The predicted molar refractivity (Wildman–Crippen MR) is 96.7 cm³/mol. The Hall–Kier alpha value is -1.97. The largest absolute Gasteiger partial charge is 0.497 e. The Morgan fingerprint density at radius 2 is 1.88 bits per heavy atom. The Balaban J connectivity index is 1.81. The number of Topliss-reactive ketones (excluding diaryl/α,β-unsaturated/α-hetero) is 3. The Kier molecular flexibility index (Phi) is 5.81. The lowest BCUT2D eigenvalue weighted by atomic mass is 9.77. The summed E-state index contributed by atoms with van der Waals surface area (Å²) in [7, 11) is 1.64. The minimum absolute atomic E-state index is 0.0193. The lowest BCUT2D eigenvalue weighted by Crippen LogP contribution is -2.33. The van der Waals surface area contributed by atoms with Gasteiger partial charge in [0.1, 0.15) is 17.3 Å². The minimum atomic E-state index is -0.980. The first kappa shape index (κ1) is 19.4. The molecule has 4 nitrogen and oxygen atoms in total. The van der Waals surface area contributed by atoms with E-state index in [9.17, 15) is 14.4 Å². The summed E-state index contributed by atoms with van der Waals surface area (Å²) in [6.07, 6.45) is 2.96. The minimum Gasteiger partial charge on any atom is -0.497 e. The summed E-state index contributed by atoms with van der Waals surface area (Å²) in [4.78, 5) is 36.9. The quantitative estimate of drug-likeness (QED) is 0.670. The van der Waals surface area contributed by atoms with Crippen molar-refractivity contribution in [1.82, 2.24) is 0 Å². The van der Waals surface area contributed by atoms with E-state index >= 15 is 0 Å². The van der Waals surface area contributed by atoms with Crippen LogP contribution in [0.3, 0.4) is 0 Å². The highest BCUT2D eigenvalue weighted by molar-refractivity contribution is 6.15. The van der Waals surface area contributed by atoms with E-state index in [0.717, 1.165) is 24.2 Å². The number of rotatable bonds is 8. The molecular formula is C21H28O4. The molecule has 0 aromatic heterocycles. The van der Waals surface area contributed by atoms with Gasteiger partial charge in [0.05, 0.1) is 12.5 Å². The second-order valence-corrected chi connectivity index (χ2v) is 7.89. The molecule has 0 aliphatic heterocycles. The third-order valence-corrected chi connectivity index (χ3v) is 5.29. The molecule has 0 heterocycles. The van der Waals surface area contributed by atoms with E-state index in [1.54, 1.807) is 14.0 Å². The molecule has 0 bridgehead atoms. The Morgan fingerprint density at radius 1 is 1.16 bits per heavy atom. The van der Waals surface area contributed by atoms with Gasteiger partial charge in [0, 0.05) is 24.7 Å². The number of carbonyl (C=O) groups excluding carboxylic acids is 3. The summed E-state index contributed by atoms with van der Waals surface area (Å²) in [6.45, 7) is 5.33. The van der Waals surface area contributed by atoms with Gasteiger partial charge < -0.3 is 4.74 Å². The molecule has 0 N–H and O–H groups in total. The van der Waals surface area contributed by atoms with Crippen LogP contribution in [0.1, 0.15) is 58.4 Å². The molecular weight excluding hydrogens is 316 g/mol. The van der Waals surface area contributed by atoms with Gasteiger partial charge >= 0.3 is 0 Å². The normalized spacial score (nSPS) is 22.2. The number of carbonyl (C=O) groups is 3. The van der Waals surface area contributed by atoms with Gasteiger partial charge in [-0.25, -0.2) is 0 Å². The number of benzene rings is 1. The number of hydrogen-bond acceptors (Lipinski definition) is 4. The predicted octanol–water partition coefficient (Wildman–Crippen LogP) is 3.94. The maximum absolute atomic E-state index is 12.5. The van der Waals surface area contributed by atoms with Gasteiger partial charge in [0.2, 0.25) is 0 Å². The van der Waals surface area contributed by atoms with Gasteiger partial charge in [0.15, 0.2) is 5.78 Å². The third kappa shape index (κ3) is 4.36. The first-order valence-corrected chi connectivity index (χ1v) is 8.92.